The van der Waals surface area contributed by atoms with Gasteiger partial charge in [0.1, 0.15) is 0 Å². The van der Waals surface area contributed by atoms with Gasteiger partial charge in [0.2, 0.25) is 10.0 Å². The average Bonchev–Trinajstić information content (AvgIpc) is 2.39. The largest absolute Gasteiger partial charge is 0.330 e. The Balaban J connectivity index is 2.74. The van der Waals surface area contributed by atoms with E-state index in [-0.39, 0.29) is 4.90 Å². The minimum atomic E-state index is -3.76. The Hall–Kier alpha value is -1.69. The van der Waals surface area contributed by atoms with Crippen molar-refractivity contribution in [3.63, 3.8) is 0 Å². The molecule has 100 valence electrons. The van der Waals surface area contributed by atoms with Crippen molar-refractivity contribution in [3.8, 4) is 11.1 Å². The summed E-state index contributed by atoms with van der Waals surface area (Å²) in [4.78, 5) is 0.143. The lowest BCUT2D eigenvalue weighted by atomic mass is 9.97. The first-order valence-corrected chi connectivity index (χ1v) is 7.49. The van der Waals surface area contributed by atoms with E-state index in [0.29, 0.717) is 18.5 Å². The van der Waals surface area contributed by atoms with Gasteiger partial charge in [0.15, 0.2) is 0 Å². The molecule has 0 aliphatic carbocycles. The number of hydrogen-bond donors (Lipinski definition) is 2. The Kier molecular flexibility index (Phi) is 3.99. The van der Waals surface area contributed by atoms with Crippen LogP contribution >= 0.6 is 0 Å². The zero-order valence-corrected chi connectivity index (χ0v) is 11.2. The fraction of sp³-hybridized carbons (Fsp3) is 0.143. The molecule has 2 aromatic carbocycles. The normalized spacial score (nSPS) is 11.5. The maximum Gasteiger partial charge on any atom is 0.238 e. The van der Waals surface area contributed by atoms with Crippen LogP contribution in [-0.2, 0) is 16.4 Å². The molecule has 0 amide bonds. The van der Waals surface area contributed by atoms with E-state index >= 15 is 0 Å². The van der Waals surface area contributed by atoms with Crippen LogP contribution in [0.15, 0.2) is 53.4 Å². The quantitative estimate of drug-likeness (QED) is 0.887. The van der Waals surface area contributed by atoms with Gasteiger partial charge in [0.25, 0.3) is 0 Å². The summed E-state index contributed by atoms with van der Waals surface area (Å²) in [5.41, 5.74) is 7.95. The Labute approximate surface area is 113 Å². The van der Waals surface area contributed by atoms with Crippen molar-refractivity contribution in [2.45, 2.75) is 11.3 Å². The molecule has 19 heavy (non-hydrogen) atoms. The molecule has 0 saturated heterocycles. The van der Waals surface area contributed by atoms with E-state index in [2.05, 4.69) is 0 Å². The number of nitrogens with two attached hydrogens (primary N) is 2. The predicted molar refractivity (Wildman–Crippen MR) is 76.0 cm³/mol. The highest BCUT2D eigenvalue weighted by atomic mass is 32.2. The van der Waals surface area contributed by atoms with Crippen LogP contribution in [0.3, 0.4) is 0 Å². The summed E-state index contributed by atoms with van der Waals surface area (Å²) < 4.78 is 23.5. The zero-order chi connectivity index (χ0) is 13.9. The summed E-state index contributed by atoms with van der Waals surface area (Å²) in [6.45, 7) is 0.452. The van der Waals surface area contributed by atoms with Crippen molar-refractivity contribution in [1.82, 2.24) is 0 Å². The maximum absolute atomic E-state index is 11.7. The first-order valence-electron chi connectivity index (χ1n) is 5.94. The van der Waals surface area contributed by atoms with Gasteiger partial charge in [-0.15, -0.1) is 0 Å². The fourth-order valence-electron chi connectivity index (χ4n) is 2.11. The molecule has 2 rings (SSSR count). The molecule has 0 aliphatic heterocycles. The third kappa shape index (κ3) is 3.01. The Morgan fingerprint density at radius 2 is 1.63 bits per heavy atom. The third-order valence-electron chi connectivity index (χ3n) is 2.90. The highest BCUT2D eigenvalue weighted by Crippen LogP contribution is 2.30. The first kappa shape index (κ1) is 13.7. The fourth-order valence-corrected chi connectivity index (χ4v) is 2.91. The van der Waals surface area contributed by atoms with Crippen molar-refractivity contribution in [3.05, 3.63) is 54.1 Å². The molecule has 0 radical (unpaired) electrons. The SMILES string of the molecule is NCCc1cccc(S(N)(=O)=O)c1-c1ccccc1. The summed E-state index contributed by atoms with van der Waals surface area (Å²) in [5, 5.41) is 5.30. The summed E-state index contributed by atoms with van der Waals surface area (Å²) in [7, 11) is -3.76. The molecule has 0 saturated carbocycles. The van der Waals surface area contributed by atoms with Crippen LogP contribution in [0, 0.1) is 0 Å². The van der Waals surface area contributed by atoms with Gasteiger partial charge in [-0.2, -0.15) is 0 Å². The molecule has 4 N–H and O–H groups in total. The predicted octanol–water partition coefficient (Wildman–Crippen LogP) is 1.50. The van der Waals surface area contributed by atoms with E-state index in [1.54, 1.807) is 6.07 Å². The molecule has 0 aliphatic rings. The highest BCUT2D eigenvalue weighted by Gasteiger charge is 2.17. The minimum absolute atomic E-state index is 0.143. The first-order chi connectivity index (χ1) is 9.04. The van der Waals surface area contributed by atoms with Gasteiger partial charge in [0.05, 0.1) is 4.90 Å². The molecule has 0 fully saturated rings. The third-order valence-corrected chi connectivity index (χ3v) is 3.85. The van der Waals surface area contributed by atoms with Crippen LogP contribution in [0.4, 0.5) is 0 Å². The van der Waals surface area contributed by atoms with Gasteiger partial charge in [-0.3, -0.25) is 0 Å². The van der Waals surface area contributed by atoms with E-state index < -0.39 is 10.0 Å². The van der Waals surface area contributed by atoms with Crippen LogP contribution in [-0.4, -0.2) is 15.0 Å². The van der Waals surface area contributed by atoms with Gasteiger partial charge in [0, 0.05) is 5.56 Å². The zero-order valence-electron chi connectivity index (χ0n) is 10.4. The van der Waals surface area contributed by atoms with Crippen molar-refractivity contribution in [2.75, 3.05) is 6.54 Å². The standard InChI is InChI=1S/C14H16N2O2S/c15-10-9-12-7-4-8-13(19(16,17)18)14(12)11-5-2-1-3-6-11/h1-8H,9-10,15H2,(H2,16,17,18). The molecule has 0 aromatic heterocycles. The van der Waals surface area contributed by atoms with Gasteiger partial charge in [-0.25, -0.2) is 13.6 Å². The summed E-state index contributed by atoms with van der Waals surface area (Å²) in [6.07, 6.45) is 0.605. The average molecular weight is 276 g/mol. The Bertz CT molecular complexity index is 667. The van der Waals surface area contributed by atoms with Crippen LogP contribution in [0.25, 0.3) is 11.1 Å². The lowest BCUT2D eigenvalue weighted by Crippen LogP contribution is -2.15. The Morgan fingerprint density at radius 3 is 2.21 bits per heavy atom. The molecule has 0 heterocycles. The van der Waals surface area contributed by atoms with Gasteiger partial charge in [-0.05, 0) is 30.2 Å². The van der Waals surface area contributed by atoms with E-state index in [1.807, 2.05) is 36.4 Å². The lowest BCUT2D eigenvalue weighted by Gasteiger charge is -2.13. The van der Waals surface area contributed by atoms with Gasteiger partial charge >= 0.3 is 0 Å². The van der Waals surface area contributed by atoms with E-state index in [9.17, 15) is 8.42 Å². The van der Waals surface area contributed by atoms with Crippen molar-refractivity contribution < 1.29 is 8.42 Å². The lowest BCUT2D eigenvalue weighted by molar-refractivity contribution is 0.598. The Morgan fingerprint density at radius 1 is 0.947 bits per heavy atom. The molecule has 4 nitrogen and oxygen atoms in total. The van der Waals surface area contributed by atoms with Crippen LogP contribution in [0.5, 0.6) is 0 Å². The molecular weight excluding hydrogens is 260 g/mol. The molecule has 0 unspecified atom stereocenters. The van der Waals surface area contributed by atoms with Crippen molar-refractivity contribution >= 4 is 10.0 Å². The number of benzene rings is 2. The molecule has 2 aromatic rings. The van der Waals surface area contributed by atoms with Gasteiger partial charge < -0.3 is 5.73 Å². The molecular formula is C14H16N2O2S. The molecule has 0 atom stereocenters. The number of rotatable bonds is 4. The van der Waals surface area contributed by atoms with Gasteiger partial charge in [-0.1, -0.05) is 42.5 Å². The summed E-state index contributed by atoms with van der Waals surface area (Å²) >= 11 is 0. The van der Waals surface area contributed by atoms with Crippen LogP contribution in [0.2, 0.25) is 0 Å². The smallest absolute Gasteiger partial charge is 0.238 e. The van der Waals surface area contributed by atoms with Crippen LogP contribution in [0.1, 0.15) is 5.56 Å². The second kappa shape index (κ2) is 5.52. The van der Waals surface area contributed by atoms with Crippen molar-refractivity contribution in [1.29, 1.82) is 0 Å². The monoisotopic (exact) mass is 276 g/mol. The maximum atomic E-state index is 11.7. The minimum Gasteiger partial charge on any atom is -0.330 e. The van der Waals surface area contributed by atoms with Crippen LogP contribution < -0.4 is 10.9 Å². The number of primary sulfonamides is 1. The van der Waals surface area contributed by atoms with E-state index in [4.69, 9.17) is 10.9 Å². The molecule has 0 spiro atoms. The van der Waals surface area contributed by atoms with E-state index in [0.717, 1.165) is 11.1 Å². The number of hydrogen-bond acceptors (Lipinski definition) is 3. The second-order valence-corrected chi connectivity index (χ2v) is 5.77. The molecule has 0 bridgehead atoms. The summed E-state index contributed by atoms with van der Waals surface area (Å²) in [5.74, 6) is 0. The second-order valence-electron chi connectivity index (χ2n) is 4.24. The summed E-state index contributed by atoms with van der Waals surface area (Å²) in [6, 6.07) is 14.4. The topological polar surface area (TPSA) is 86.2 Å². The highest BCUT2D eigenvalue weighted by molar-refractivity contribution is 7.89. The molecule has 5 heteroatoms. The van der Waals surface area contributed by atoms with E-state index in [1.165, 1.54) is 6.07 Å². The van der Waals surface area contributed by atoms with Crippen molar-refractivity contribution in [2.24, 2.45) is 10.9 Å². The number of sulfonamides is 1.